The number of hydrogen-bond donors (Lipinski definition) is 1. The Morgan fingerprint density at radius 2 is 2.17 bits per heavy atom. The van der Waals surface area contributed by atoms with E-state index >= 15 is 0 Å². The second-order valence-electron chi connectivity index (χ2n) is 4.55. The van der Waals surface area contributed by atoms with Gasteiger partial charge in [-0.2, -0.15) is 0 Å². The van der Waals surface area contributed by atoms with Crippen LogP contribution in [0.5, 0.6) is 0 Å². The first kappa shape index (κ1) is 7.33. The van der Waals surface area contributed by atoms with Gasteiger partial charge in [-0.3, -0.25) is 0 Å². The predicted octanol–water partition coefficient (Wildman–Crippen LogP) is -0.200. The molecule has 3 nitrogen and oxygen atoms in total. The van der Waals surface area contributed by atoms with E-state index in [9.17, 15) is 13.5 Å². The van der Waals surface area contributed by atoms with Gasteiger partial charge in [0.15, 0.2) is 9.84 Å². The van der Waals surface area contributed by atoms with Gasteiger partial charge in [0, 0.05) is 12.2 Å². The van der Waals surface area contributed by atoms with E-state index in [1.165, 1.54) is 6.26 Å². The van der Waals surface area contributed by atoms with Crippen molar-refractivity contribution in [2.75, 3.05) is 6.26 Å². The van der Waals surface area contributed by atoms with Crippen LogP contribution in [-0.4, -0.2) is 30.6 Å². The molecule has 5 unspecified atom stereocenters. The maximum absolute atomic E-state index is 11.5. The summed E-state index contributed by atoms with van der Waals surface area (Å²) in [4.78, 5) is 0. The Hall–Kier alpha value is -0.0900. The summed E-state index contributed by atoms with van der Waals surface area (Å²) in [6, 6.07) is 0. The maximum atomic E-state index is 11.5. The van der Waals surface area contributed by atoms with Gasteiger partial charge in [-0.05, 0) is 24.7 Å². The fourth-order valence-corrected chi connectivity index (χ4v) is 5.77. The van der Waals surface area contributed by atoms with Crippen molar-refractivity contribution in [2.24, 2.45) is 17.8 Å². The van der Waals surface area contributed by atoms with E-state index in [0.717, 1.165) is 12.8 Å². The van der Waals surface area contributed by atoms with Crippen LogP contribution in [0.2, 0.25) is 0 Å². The first-order valence-electron chi connectivity index (χ1n) is 4.36. The molecule has 4 aliphatic rings. The zero-order valence-electron chi connectivity index (χ0n) is 6.90. The van der Waals surface area contributed by atoms with Crippen molar-refractivity contribution in [2.45, 2.75) is 23.7 Å². The molecule has 0 heterocycles. The lowest BCUT2D eigenvalue weighted by Crippen LogP contribution is -2.22. The highest BCUT2D eigenvalue weighted by atomic mass is 32.2. The molecule has 0 radical (unpaired) electrons. The van der Waals surface area contributed by atoms with Crippen LogP contribution in [0.3, 0.4) is 0 Å². The zero-order valence-corrected chi connectivity index (χ0v) is 7.71. The van der Waals surface area contributed by atoms with E-state index in [4.69, 9.17) is 0 Å². The molecule has 0 saturated heterocycles. The molecule has 4 heteroatoms. The standard InChI is InChI=1S/C8H12O3S/c1-12(10,11)8-3-4-2-5(8)6(8)7(4)9/h4-7,9H,2-3H2,1H3. The largest absolute Gasteiger partial charge is 0.392 e. The van der Waals surface area contributed by atoms with E-state index in [1.807, 2.05) is 0 Å². The Labute approximate surface area is 71.7 Å². The molecule has 4 rings (SSSR count). The van der Waals surface area contributed by atoms with Crippen molar-refractivity contribution < 1.29 is 13.5 Å². The molecule has 0 spiro atoms. The minimum absolute atomic E-state index is 0.0949. The highest BCUT2D eigenvalue weighted by Crippen LogP contribution is 2.76. The molecule has 4 fully saturated rings. The van der Waals surface area contributed by atoms with Crippen LogP contribution in [0.25, 0.3) is 0 Å². The molecule has 12 heavy (non-hydrogen) atoms. The second-order valence-corrected chi connectivity index (χ2v) is 6.85. The molecular formula is C8H12O3S. The van der Waals surface area contributed by atoms with Crippen LogP contribution in [0.4, 0.5) is 0 Å². The summed E-state index contributed by atoms with van der Waals surface area (Å²) in [6.07, 6.45) is 2.67. The van der Waals surface area contributed by atoms with Crippen LogP contribution >= 0.6 is 0 Å². The molecule has 4 aliphatic carbocycles. The molecule has 1 N–H and O–H groups in total. The Morgan fingerprint density at radius 1 is 1.50 bits per heavy atom. The van der Waals surface area contributed by atoms with Gasteiger partial charge in [0.2, 0.25) is 0 Å². The van der Waals surface area contributed by atoms with Gasteiger partial charge in [-0.15, -0.1) is 0 Å². The van der Waals surface area contributed by atoms with Crippen molar-refractivity contribution in [3.05, 3.63) is 0 Å². The van der Waals surface area contributed by atoms with Crippen molar-refractivity contribution in [1.82, 2.24) is 0 Å². The summed E-state index contributed by atoms with van der Waals surface area (Å²) in [7, 11) is -2.93. The Bertz CT molecular complexity index is 347. The number of hydrogen-bond acceptors (Lipinski definition) is 3. The average molecular weight is 188 g/mol. The highest BCUT2D eigenvalue weighted by Gasteiger charge is 2.83. The maximum Gasteiger partial charge on any atom is 0.153 e. The van der Waals surface area contributed by atoms with Crippen LogP contribution in [-0.2, 0) is 9.84 Å². The lowest BCUT2D eigenvalue weighted by Gasteiger charge is -2.06. The third-order valence-electron chi connectivity index (χ3n) is 4.20. The zero-order chi connectivity index (χ0) is 8.72. The van der Waals surface area contributed by atoms with Crippen molar-refractivity contribution in [1.29, 1.82) is 0 Å². The van der Waals surface area contributed by atoms with Crippen molar-refractivity contribution in [3.63, 3.8) is 0 Å². The molecule has 4 bridgehead atoms. The summed E-state index contributed by atoms with van der Waals surface area (Å²) in [6.45, 7) is 0. The van der Waals surface area contributed by atoms with E-state index < -0.39 is 14.6 Å². The van der Waals surface area contributed by atoms with Crippen molar-refractivity contribution in [3.8, 4) is 0 Å². The molecule has 5 atom stereocenters. The molecule has 0 amide bonds. The fourth-order valence-electron chi connectivity index (χ4n) is 3.73. The second kappa shape index (κ2) is 1.60. The number of aliphatic hydroxyl groups is 1. The third kappa shape index (κ3) is 0.494. The summed E-state index contributed by atoms with van der Waals surface area (Å²) in [5.41, 5.74) is 0. The van der Waals surface area contributed by atoms with Gasteiger partial charge in [0.1, 0.15) is 0 Å². The van der Waals surface area contributed by atoms with Gasteiger partial charge < -0.3 is 5.11 Å². The van der Waals surface area contributed by atoms with Gasteiger partial charge >= 0.3 is 0 Å². The SMILES string of the molecule is CS(=O)(=O)C12CC3CC1C2C3O. The lowest BCUT2D eigenvalue weighted by atomic mass is 10.1. The van der Waals surface area contributed by atoms with Gasteiger partial charge in [-0.1, -0.05) is 0 Å². The molecule has 0 aromatic heterocycles. The van der Waals surface area contributed by atoms with E-state index in [0.29, 0.717) is 5.92 Å². The smallest absolute Gasteiger partial charge is 0.153 e. The predicted molar refractivity (Wildman–Crippen MR) is 43.3 cm³/mol. The normalized spacial score (nSPS) is 60.8. The topological polar surface area (TPSA) is 54.4 Å². The minimum Gasteiger partial charge on any atom is -0.392 e. The summed E-state index contributed by atoms with van der Waals surface area (Å²) < 4.78 is 22.5. The molecule has 4 saturated carbocycles. The summed E-state index contributed by atoms with van der Waals surface area (Å²) in [5, 5.41) is 9.61. The van der Waals surface area contributed by atoms with Crippen LogP contribution in [0.15, 0.2) is 0 Å². The van der Waals surface area contributed by atoms with Gasteiger partial charge in [0.25, 0.3) is 0 Å². The lowest BCUT2D eigenvalue weighted by molar-refractivity contribution is 0.135. The monoisotopic (exact) mass is 188 g/mol. The van der Waals surface area contributed by atoms with E-state index in [1.54, 1.807) is 0 Å². The first-order chi connectivity index (χ1) is 5.48. The number of rotatable bonds is 1. The van der Waals surface area contributed by atoms with E-state index in [2.05, 4.69) is 0 Å². The van der Waals surface area contributed by atoms with Crippen LogP contribution < -0.4 is 0 Å². The van der Waals surface area contributed by atoms with E-state index in [-0.39, 0.29) is 17.9 Å². The fraction of sp³-hybridized carbons (Fsp3) is 1.00. The minimum atomic E-state index is -2.93. The Morgan fingerprint density at radius 3 is 2.33 bits per heavy atom. The van der Waals surface area contributed by atoms with Gasteiger partial charge in [0.05, 0.1) is 10.9 Å². The van der Waals surface area contributed by atoms with Crippen LogP contribution in [0.1, 0.15) is 12.8 Å². The van der Waals surface area contributed by atoms with Gasteiger partial charge in [-0.25, -0.2) is 8.42 Å². The molecule has 68 valence electrons. The Balaban J connectivity index is 2.12. The average Bonchev–Trinajstić information content (AvgIpc) is 2.25. The highest BCUT2D eigenvalue weighted by molar-refractivity contribution is 7.92. The third-order valence-corrected chi connectivity index (χ3v) is 6.32. The first-order valence-corrected chi connectivity index (χ1v) is 6.25. The Kier molecular flexibility index (Phi) is 0.974. The summed E-state index contributed by atoms with van der Waals surface area (Å²) >= 11 is 0. The molecule has 0 aromatic rings. The quantitative estimate of drug-likeness (QED) is 0.620. The number of aliphatic hydroxyl groups excluding tert-OH is 1. The molecule has 0 aliphatic heterocycles. The van der Waals surface area contributed by atoms with Crippen molar-refractivity contribution >= 4 is 9.84 Å². The number of sulfone groups is 1. The summed E-state index contributed by atoms with van der Waals surface area (Å²) in [5.74, 6) is 0.680. The molecular weight excluding hydrogens is 176 g/mol. The molecule has 0 aromatic carbocycles. The van der Waals surface area contributed by atoms with Crippen LogP contribution in [0, 0.1) is 17.8 Å².